The fourth-order valence-corrected chi connectivity index (χ4v) is 2.23. The molecular weight excluding hydrogens is 316 g/mol. The molecule has 0 saturated carbocycles. The summed E-state index contributed by atoms with van der Waals surface area (Å²) in [6.07, 6.45) is 1.10. The van der Waals surface area contributed by atoms with E-state index in [0.717, 1.165) is 11.6 Å². The molecule has 0 saturated heterocycles. The van der Waals surface area contributed by atoms with Crippen LogP contribution < -0.4 is 0 Å². The molecule has 0 spiro atoms. The Morgan fingerprint density at radius 3 is 2.08 bits per heavy atom. The summed E-state index contributed by atoms with van der Waals surface area (Å²) in [6.45, 7) is 7.34. The van der Waals surface area contributed by atoms with Crippen molar-refractivity contribution in [2.45, 2.75) is 5.92 Å². The first kappa shape index (κ1) is 18.2. The minimum atomic E-state index is -0.513. The first-order valence-electron chi connectivity index (χ1n) is 7.87. The van der Waals surface area contributed by atoms with Gasteiger partial charge in [0.05, 0.1) is 11.5 Å². The predicted molar refractivity (Wildman–Crippen MR) is 96.8 cm³/mol. The van der Waals surface area contributed by atoms with Gasteiger partial charge in [-0.3, -0.25) is 0 Å². The molecule has 0 radical (unpaired) electrons. The molecule has 1 atom stereocenters. The SMILES string of the molecule is C=CC(=O)OCC(COC(=O)C(=C)c1ccccc1)c1ccccc1. The first-order chi connectivity index (χ1) is 12.1. The summed E-state index contributed by atoms with van der Waals surface area (Å²) in [7, 11) is 0. The molecule has 0 aliphatic carbocycles. The first-order valence-corrected chi connectivity index (χ1v) is 7.87. The van der Waals surface area contributed by atoms with Crippen LogP contribution in [0.15, 0.2) is 79.9 Å². The number of carbonyl (C=O) groups is 2. The van der Waals surface area contributed by atoms with Crippen LogP contribution in [0.1, 0.15) is 17.0 Å². The van der Waals surface area contributed by atoms with Crippen molar-refractivity contribution in [2.24, 2.45) is 0 Å². The molecule has 1 unspecified atom stereocenters. The lowest BCUT2D eigenvalue weighted by atomic mass is 10.0. The zero-order valence-corrected chi connectivity index (χ0v) is 13.9. The van der Waals surface area contributed by atoms with Gasteiger partial charge in [0.2, 0.25) is 0 Å². The molecular formula is C21H20O4. The Bertz CT molecular complexity index is 735. The van der Waals surface area contributed by atoms with Gasteiger partial charge in [0.25, 0.3) is 0 Å². The van der Waals surface area contributed by atoms with E-state index >= 15 is 0 Å². The third-order valence-electron chi connectivity index (χ3n) is 3.65. The van der Waals surface area contributed by atoms with Crippen molar-refractivity contribution < 1.29 is 19.1 Å². The Labute approximate surface area is 147 Å². The highest BCUT2D eigenvalue weighted by atomic mass is 16.5. The van der Waals surface area contributed by atoms with Crippen molar-refractivity contribution in [3.05, 3.63) is 91.0 Å². The fourth-order valence-electron chi connectivity index (χ4n) is 2.23. The molecule has 0 N–H and O–H groups in total. The number of hydrogen-bond acceptors (Lipinski definition) is 4. The number of hydrogen-bond donors (Lipinski definition) is 0. The zero-order chi connectivity index (χ0) is 18.1. The highest BCUT2D eigenvalue weighted by Crippen LogP contribution is 2.19. The zero-order valence-electron chi connectivity index (χ0n) is 13.9. The van der Waals surface area contributed by atoms with Crippen LogP contribution in [0.3, 0.4) is 0 Å². The van der Waals surface area contributed by atoms with Gasteiger partial charge in [-0.25, -0.2) is 9.59 Å². The van der Waals surface area contributed by atoms with E-state index in [1.165, 1.54) is 0 Å². The highest BCUT2D eigenvalue weighted by molar-refractivity contribution is 6.15. The summed E-state index contributed by atoms with van der Waals surface area (Å²) in [5.41, 5.74) is 1.91. The molecule has 0 aromatic heterocycles. The Morgan fingerprint density at radius 1 is 0.920 bits per heavy atom. The van der Waals surface area contributed by atoms with Gasteiger partial charge in [-0.15, -0.1) is 0 Å². The second-order valence-corrected chi connectivity index (χ2v) is 5.38. The predicted octanol–water partition coefficient (Wildman–Crippen LogP) is 3.76. The number of rotatable bonds is 8. The average Bonchev–Trinajstić information content (AvgIpc) is 2.68. The lowest BCUT2D eigenvalue weighted by molar-refractivity contribution is -0.140. The van der Waals surface area contributed by atoms with E-state index in [1.54, 1.807) is 12.1 Å². The molecule has 25 heavy (non-hydrogen) atoms. The molecule has 0 fully saturated rings. The maximum Gasteiger partial charge on any atom is 0.338 e. The molecule has 0 amide bonds. The van der Waals surface area contributed by atoms with E-state index in [-0.39, 0.29) is 24.7 Å². The summed E-state index contributed by atoms with van der Waals surface area (Å²) >= 11 is 0. The van der Waals surface area contributed by atoms with E-state index in [4.69, 9.17) is 9.47 Å². The topological polar surface area (TPSA) is 52.6 Å². The standard InChI is InChI=1S/C21H20O4/c1-3-20(22)24-14-19(18-12-8-5-9-13-18)15-25-21(23)16(2)17-10-6-4-7-11-17/h3-13,19H,1-2,14-15H2. The third kappa shape index (κ3) is 5.46. The molecule has 0 bridgehead atoms. The van der Waals surface area contributed by atoms with Crippen molar-refractivity contribution in [1.82, 2.24) is 0 Å². The largest absolute Gasteiger partial charge is 0.462 e. The van der Waals surface area contributed by atoms with Crippen molar-refractivity contribution in [1.29, 1.82) is 0 Å². The van der Waals surface area contributed by atoms with E-state index in [0.29, 0.717) is 5.56 Å². The molecule has 0 heterocycles. The fraction of sp³-hybridized carbons (Fsp3) is 0.143. The van der Waals surface area contributed by atoms with Crippen molar-refractivity contribution in [2.75, 3.05) is 13.2 Å². The summed E-state index contributed by atoms with van der Waals surface area (Å²) < 4.78 is 10.5. The van der Waals surface area contributed by atoms with E-state index in [1.807, 2.05) is 48.5 Å². The van der Waals surface area contributed by atoms with Gasteiger partial charge in [0, 0.05) is 6.08 Å². The second-order valence-electron chi connectivity index (χ2n) is 5.38. The van der Waals surface area contributed by atoms with Crippen LogP contribution in [0.5, 0.6) is 0 Å². The van der Waals surface area contributed by atoms with Crippen molar-refractivity contribution in [3.63, 3.8) is 0 Å². The minimum Gasteiger partial charge on any atom is -0.462 e. The van der Waals surface area contributed by atoms with E-state index in [2.05, 4.69) is 13.2 Å². The monoisotopic (exact) mass is 336 g/mol. The lowest BCUT2D eigenvalue weighted by Crippen LogP contribution is -2.19. The smallest absolute Gasteiger partial charge is 0.338 e. The Hall–Kier alpha value is -3.14. The van der Waals surface area contributed by atoms with Crippen LogP contribution in [0.25, 0.3) is 5.57 Å². The van der Waals surface area contributed by atoms with E-state index < -0.39 is 11.9 Å². The Balaban J connectivity index is 2.01. The lowest BCUT2D eigenvalue weighted by Gasteiger charge is -2.17. The van der Waals surface area contributed by atoms with Crippen LogP contribution in [-0.2, 0) is 19.1 Å². The minimum absolute atomic E-state index is 0.0825. The maximum absolute atomic E-state index is 12.2. The Kier molecular flexibility index (Phi) is 6.72. The maximum atomic E-state index is 12.2. The molecule has 2 aromatic rings. The summed E-state index contributed by atoms with van der Waals surface area (Å²) in [6, 6.07) is 18.5. The number of ether oxygens (including phenoxy) is 2. The summed E-state index contributed by atoms with van der Waals surface area (Å²) in [4.78, 5) is 23.5. The second kappa shape index (κ2) is 9.23. The van der Waals surface area contributed by atoms with Crippen LogP contribution in [0, 0.1) is 0 Å². The van der Waals surface area contributed by atoms with Gasteiger partial charge in [-0.2, -0.15) is 0 Å². The summed E-state index contributed by atoms with van der Waals surface area (Å²) in [5, 5.41) is 0. The molecule has 0 aliphatic heterocycles. The molecule has 2 aromatic carbocycles. The summed E-state index contributed by atoms with van der Waals surface area (Å²) in [5.74, 6) is -1.28. The molecule has 128 valence electrons. The van der Waals surface area contributed by atoms with Crippen molar-refractivity contribution in [3.8, 4) is 0 Å². The van der Waals surface area contributed by atoms with Crippen molar-refractivity contribution >= 4 is 17.5 Å². The molecule has 2 rings (SSSR count). The Morgan fingerprint density at radius 2 is 1.48 bits per heavy atom. The van der Waals surface area contributed by atoms with Gasteiger partial charge in [0.1, 0.15) is 13.2 Å². The van der Waals surface area contributed by atoms with Gasteiger partial charge in [-0.1, -0.05) is 73.8 Å². The van der Waals surface area contributed by atoms with Crippen LogP contribution in [0.4, 0.5) is 0 Å². The van der Waals surface area contributed by atoms with E-state index in [9.17, 15) is 9.59 Å². The molecule has 0 aliphatic rings. The molecule has 4 heteroatoms. The van der Waals surface area contributed by atoms with Gasteiger partial charge in [0.15, 0.2) is 0 Å². The third-order valence-corrected chi connectivity index (χ3v) is 3.65. The average molecular weight is 336 g/mol. The van der Waals surface area contributed by atoms with Gasteiger partial charge >= 0.3 is 11.9 Å². The number of benzene rings is 2. The number of esters is 2. The number of carbonyl (C=O) groups excluding carboxylic acids is 2. The van der Waals surface area contributed by atoms with Gasteiger partial charge in [-0.05, 0) is 11.1 Å². The van der Waals surface area contributed by atoms with Crippen LogP contribution in [0.2, 0.25) is 0 Å². The quantitative estimate of drug-likeness (QED) is 0.544. The van der Waals surface area contributed by atoms with Gasteiger partial charge < -0.3 is 9.47 Å². The normalized spacial score (nSPS) is 11.2. The highest BCUT2D eigenvalue weighted by Gasteiger charge is 2.18. The van der Waals surface area contributed by atoms with Crippen LogP contribution >= 0.6 is 0 Å². The van der Waals surface area contributed by atoms with Crippen LogP contribution in [-0.4, -0.2) is 25.2 Å². The molecule has 4 nitrogen and oxygen atoms in total.